The van der Waals surface area contributed by atoms with Crippen molar-refractivity contribution in [3.05, 3.63) is 56.6 Å². The zero-order valence-electron chi connectivity index (χ0n) is 17.5. The molecule has 0 spiro atoms. The molecule has 2 heterocycles. The van der Waals surface area contributed by atoms with Crippen molar-refractivity contribution in [3.63, 3.8) is 0 Å². The molecule has 6 nitrogen and oxygen atoms in total. The van der Waals surface area contributed by atoms with Gasteiger partial charge in [0.25, 0.3) is 5.56 Å². The molecule has 1 atom stereocenters. The molecule has 1 unspecified atom stereocenters. The van der Waals surface area contributed by atoms with E-state index in [1.54, 1.807) is 0 Å². The molecule has 1 aliphatic carbocycles. The Morgan fingerprint density at radius 3 is 2.66 bits per heavy atom. The Bertz CT molecular complexity index is 1140. The lowest BCUT2D eigenvalue weighted by Gasteiger charge is -2.19. The summed E-state index contributed by atoms with van der Waals surface area (Å²) in [5.41, 5.74) is 3.21. The number of rotatable bonds is 6. The topological polar surface area (TPSA) is 60.1 Å². The van der Waals surface area contributed by atoms with Gasteiger partial charge in [-0.2, -0.15) is 0 Å². The Morgan fingerprint density at radius 2 is 1.93 bits per heavy atom. The Balaban J connectivity index is 1.61. The lowest BCUT2D eigenvalue weighted by Crippen LogP contribution is -3.09. The third-order valence-electron chi connectivity index (χ3n) is 6.38. The molecule has 1 aromatic carbocycles. The maximum absolute atomic E-state index is 12.4. The van der Waals surface area contributed by atoms with Gasteiger partial charge in [-0.3, -0.25) is 9.36 Å². The van der Waals surface area contributed by atoms with Crippen LogP contribution < -0.4 is 10.5 Å². The van der Waals surface area contributed by atoms with Crippen molar-refractivity contribution in [2.45, 2.75) is 65.7 Å². The van der Waals surface area contributed by atoms with Gasteiger partial charge in [0.05, 0.1) is 17.4 Å². The second-order valence-electron chi connectivity index (χ2n) is 8.16. The molecule has 0 bridgehead atoms. The number of hydrogen-bond acceptors (Lipinski definition) is 3. The number of nitrogens with zero attached hydrogens (tertiary/aromatic N) is 3. The molecule has 0 amide bonds. The van der Waals surface area contributed by atoms with Crippen LogP contribution >= 0.6 is 12.2 Å². The van der Waals surface area contributed by atoms with Crippen molar-refractivity contribution in [3.8, 4) is 0 Å². The predicted molar refractivity (Wildman–Crippen MR) is 118 cm³/mol. The van der Waals surface area contributed by atoms with E-state index in [0.29, 0.717) is 18.0 Å². The minimum atomic E-state index is -0.0722. The van der Waals surface area contributed by atoms with Crippen molar-refractivity contribution in [1.29, 1.82) is 0 Å². The smallest absolute Gasteiger partial charge is 0.258 e. The second kappa shape index (κ2) is 8.24. The van der Waals surface area contributed by atoms with Crippen LogP contribution in [0.3, 0.4) is 0 Å². The van der Waals surface area contributed by atoms with E-state index in [2.05, 4.69) is 39.9 Å². The first-order valence-electron chi connectivity index (χ1n) is 10.6. The molecule has 2 N–H and O–H groups in total. The fraction of sp³-hybridized carbons (Fsp3) is 0.500. The summed E-state index contributed by atoms with van der Waals surface area (Å²) in [4.78, 5) is 21.4. The van der Waals surface area contributed by atoms with Gasteiger partial charge < -0.3 is 14.5 Å². The van der Waals surface area contributed by atoms with Crippen LogP contribution in [-0.4, -0.2) is 25.6 Å². The molecule has 154 valence electrons. The van der Waals surface area contributed by atoms with Crippen LogP contribution in [0.15, 0.2) is 29.1 Å². The maximum atomic E-state index is 12.4. The monoisotopic (exact) mass is 412 g/mol. The average Bonchev–Trinajstić information content (AvgIpc) is 3.30. The predicted octanol–water partition coefficient (Wildman–Crippen LogP) is 3.05. The Morgan fingerprint density at radius 1 is 1.21 bits per heavy atom. The van der Waals surface area contributed by atoms with Gasteiger partial charge in [-0.15, -0.1) is 0 Å². The Kier molecular flexibility index (Phi) is 5.69. The number of imidazole rings is 1. The van der Waals surface area contributed by atoms with Gasteiger partial charge in [0.2, 0.25) is 0 Å². The van der Waals surface area contributed by atoms with E-state index in [1.807, 2.05) is 24.3 Å². The van der Waals surface area contributed by atoms with Crippen molar-refractivity contribution >= 4 is 23.1 Å². The number of quaternary nitrogens is 1. The van der Waals surface area contributed by atoms with E-state index in [4.69, 9.17) is 12.2 Å². The summed E-state index contributed by atoms with van der Waals surface area (Å²) in [6.07, 6.45) is 5.04. The second-order valence-corrected chi connectivity index (χ2v) is 8.52. The molecular weight excluding hydrogens is 382 g/mol. The summed E-state index contributed by atoms with van der Waals surface area (Å²) < 4.78 is 5.57. The fourth-order valence-electron chi connectivity index (χ4n) is 4.54. The molecular formula is C22H30N5OS+. The number of nitrogens with one attached hydrogen (secondary N) is 2. The Labute approximate surface area is 176 Å². The van der Waals surface area contributed by atoms with Gasteiger partial charge in [0.15, 0.2) is 17.3 Å². The summed E-state index contributed by atoms with van der Waals surface area (Å²) in [6.45, 7) is 8.87. The highest BCUT2D eigenvalue weighted by Gasteiger charge is 2.23. The molecule has 1 fully saturated rings. The molecule has 0 aliphatic heterocycles. The van der Waals surface area contributed by atoms with Gasteiger partial charge in [0.1, 0.15) is 6.54 Å². The van der Waals surface area contributed by atoms with Gasteiger partial charge in [0, 0.05) is 17.4 Å². The quantitative estimate of drug-likeness (QED) is 0.612. The van der Waals surface area contributed by atoms with Crippen LogP contribution in [0.5, 0.6) is 0 Å². The van der Waals surface area contributed by atoms with Crippen LogP contribution in [0.4, 0.5) is 0 Å². The first-order chi connectivity index (χ1) is 14.0. The fourth-order valence-corrected chi connectivity index (χ4v) is 5.02. The highest BCUT2D eigenvalue weighted by Crippen LogP contribution is 2.32. The normalized spacial score (nSPS) is 16.0. The summed E-state index contributed by atoms with van der Waals surface area (Å²) in [5.74, 6) is 0.724. The molecule has 29 heavy (non-hydrogen) atoms. The highest BCUT2D eigenvalue weighted by molar-refractivity contribution is 7.71. The van der Waals surface area contributed by atoms with Crippen molar-refractivity contribution in [2.24, 2.45) is 0 Å². The van der Waals surface area contributed by atoms with E-state index in [-0.39, 0.29) is 5.56 Å². The highest BCUT2D eigenvalue weighted by atomic mass is 32.1. The number of fused-ring (bicyclic) bond motifs is 1. The summed E-state index contributed by atoms with van der Waals surface area (Å²) in [6, 6.07) is 8.04. The number of H-pyrrole nitrogens is 1. The molecule has 1 saturated carbocycles. The molecule has 4 rings (SSSR count). The lowest BCUT2D eigenvalue weighted by atomic mass is 10.2. The third kappa shape index (κ3) is 3.81. The first-order valence-corrected chi connectivity index (χ1v) is 11.0. The molecule has 3 aromatic rings. The summed E-state index contributed by atoms with van der Waals surface area (Å²) >= 11 is 5.89. The van der Waals surface area contributed by atoms with Crippen LogP contribution in [-0.2, 0) is 13.2 Å². The zero-order valence-corrected chi connectivity index (χ0v) is 18.3. The van der Waals surface area contributed by atoms with Gasteiger partial charge in [-0.05, 0) is 58.0 Å². The SMILES string of the molecule is CC[NH+](Cc1nc2ccccc2c(=O)[nH]1)Cn1c(C)c(C)n(C2CCCC2)c1=S. The summed E-state index contributed by atoms with van der Waals surface area (Å²) in [5, 5.41) is 0.636. The molecule has 0 saturated heterocycles. The minimum absolute atomic E-state index is 0.0722. The van der Waals surface area contributed by atoms with Crippen LogP contribution in [0.2, 0.25) is 0 Å². The van der Waals surface area contributed by atoms with Crippen LogP contribution in [0.25, 0.3) is 10.9 Å². The van der Waals surface area contributed by atoms with Gasteiger partial charge in [-0.25, -0.2) is 4.98 Å². The number of hydrogen-bond donors (Lipinski definition) is 2. The number of benzene rings is 1. The van der Waals surface area contributed by atoms with Gasteiger partial charge in [-0.1, -0.05) is 25.0 Å². The van der Waals surface area contributed by atoms with Crippen molar-refractivity contribution in [2.75, 3.05) is 6.54 Å². The lowest BCUT2D eigenvalue weighted by molar-refractivity contribution is -0.935. The van der Waals surface area contributed by atoms with Crippen molar-refractivity contribution < 1.29 is 4.90 Å². The summed E-state index contributed by atoms with van der Waals surface area (Å²) in [7, 11) is 0. The molecule has 0 radical (unpaired) electrons. The number of aromatic amines is 1. The minimum Gasteiger partial charge on any atom is -0.318 e. The van der Waals surface area contributed by atoms with Crippen LogP contribution in [0.1, 0.15) is 55.9 Å². The maximum Gasteiger partial charge on any atom is 0.258 e. The molecule has 2 aromatic heterocycles. The van der Waals surface area contributed by atoms with E-state index in [1.165, 1.54) is 42.0 Å². The standard InChI is InChI=1S/C22H29N5OS/c1-4-25(13-20-23-19-12-8-7-11-18(19)21(28)24-20)14-26-15(2)16(3)27(22(26)29)17-9-5-6-10-17/h7-8,11-12,17H,4-6,9-10,13-14H2,1-3H3,(H,23,24,28)/p+1. The van der Waals surface area contributed by atoms with Gasteiger partial charge >= 0.3 is 0 Å². The van der Waals surface area contributed by atoms with E-state index in [9.17, 15) is 4.79 Å². The average molecular weight is 413 g/mol. The van der Waals surface area contributed by atoms with Crippen molar-refractivity contribution in [1.82, 2.24) is 19.1 Å². The van der Waals surface area contributed by atoms with E-state index >= 15 is 0 Å². The van der Waals surface area contributed by atoms with E-state index in [0.717, 1.165) is 29.3 Å². The number of aromatic nitrogens is 4. The zero-order chi connectivity index (χ0) is 20.5. The molecule has 1 aliphatic rings. The Hall–Kier alpha value is -2.25. The van der Waals surface area contributed by atoms with Crippen LogP contribution in [0, 0.1) is 18.6 Å². The number of para-hydroxylation sites is 1. The first kappa shape index (κ1) is 20.0. The largest absolute Gasteiger partial charge is 0.318 e. The third-order valence-corrected chi connectivity index (χ3v) is 6.79. The van der Waals surface area contributed by atoms with E-state index < -0.39 is 0 Å². The molecule has 7 heteroatoms.